The van der Waals surface area contributed by atoms with Gasteiger partial charge < -0.3 is 13.9 Å². The molecule has 174 valence electrons. The van der Waals surface area contributed by atoms with Crippen LogP contribution in [0.5, 0.6) is 17.2 Å². The van der Waals surface area contributed by atoms with Gasteiger partial charge in [0.1, 0.15) is 17.1 Å². The number of benzene rings is 2. The van der Waals surface area contributed by atoms with Gasteiger partial charge in [0.05, 0.1) is 10.9 Å². The standard InChI is InChI=1S/C24H15BrF3NO5/c1-12-5-13(2)7-17(6-12)32-21-20(30)18-4-3-16(9-19(18)34-22(21)24(26,27)28)33-23(31)14-8-15(25)11-29-10-14/h3-11H,1-2H3. The molecule has 0 aliphatic heterocycles. The maximum absolute atomic E-state index is 13.8. The predicted octanol–water partition coefficient (Wildman–Crippen LogP) is 6.60. The predicted molar refractivity (Wildman–Crippen MR) is 120 cm³/mol. The van der Waals surface area contributed by atoms with E-state index in [1.54, 1.807) is 13.8 Å². The van der Waals surface area contributed by atoms with Gasteiger partial charge in [-0.2, -0.15) is 13.2 Å². The molecule has 0 amide bonds. The minimum Gasteiger partial charge on any atom is -0.449 e. The van der Waals surface area contributed by atoms with E-state index in [1.807, 2.05) is 6.07 Å². The molecule has 34 heavy (non-hydrogen) atoms. The Morgan fingerprint density at radius 1 is 1.00 bits per heavy atom. The number of rotatable bonds is 4. The number of carbonyl (C=O) groups excluding carboxylic acids is 1. The van der Waals surface area contributed by atoms with Gasteiger partial charge in [0.25, 0.3) is 5.76 Å². The lowest BCUT2D eigenvalue weighted by Gasteiger charge is -2.14. The monoisotopic (exact) mass is 533 g/mol. The number of carbonyl (C=O) groups is 1. The van der Waals surface area contributed by atoms with E-state index in [-0.39, 0.29) is 22.4 Å². The molecule has 6 nitrogen and oxygen atoms in total. The Hall–Kier alpha value is -3.66. The first-order chi connectivity index (χ1) is 16.0. The van der Waals surface area contributed by atoms with E-state index < -0.39 is 34.7 Å². The third-order valence-electron chi connectivity index (χ3n) is 4.65. The summed E-state index contributed by atoms with van der Waals surface area (Å²) >= 11 is 3.18. The lowest BCUT2D eigenvalue weighted by atomic mass is 10.1. The Kier molecular flexibility index (Phi) is 6.18. The summed E-state index contributed by atoms with van der Waals surface area (Å²) in [5, 5.41) is -0.170. The van der Waals surface area contributed by atoms with Gasteiger partial charge in [0.2, 0.25) is 11.2 Å². The van der Waals surface area contributed by atoms with Gasteiger partial charge >= 0.3 is 12.1 Å². The SMILES string of the molecule is Cc1cc(C)cc(Oc2c(C(F)(F)F)oc3cc(OC(=O)c4cncc(Br)c4)ccc3c2=O)c1. The number of nitrogens with zero attached hydrogens (tertiary/aromatic N) is 1. The van der Waals surface area contributed by atoms with Gasteiger partial charge in [-0.05, 0) is 71.2 Å². The van der Waals surface area contributed by atoms with E-state index in [0.717, 1.165) is 17.2 Å². The number of alkyl halides is 3. The first kappa shape index (κ1) is 23.5. The van der Waals surface area contributed by atoms with E-state index in [4.69, 9.17) is 13.9 Å². The molecule has 4 rings (SSSR count). The highest BCUT2D eigenvalue weighted by Crippen LogP contribution is 2.39. The summed E-state index contributed by atoms with van der Waals surface area (Å²) in [4.78, 5) is 29.1. The van der Waals surface area contributed by atoms with Crippen LogP contribution >= 0.6 is 15.9 Å². The molecule has 4 aromatic rings. The molecule has 10 heteroatoms. The van der Waals surface area contributed by atoms with Crippen molar-refractivity contribution in [2.24, 2.45) is 0 Å². The molecule has 2 aromatic heterocycles. The van der Waals surface area contributed by atoms with Crippen molar-refractivity contribution in [2.45, 2.75) is 20.0 Å². The molecule has 0 saturated heterocycles. The Labute approximate surface area is 199 Å². The molecule has 0 aliphatic rings. The van der Waals surface area contributed by atoms with E-state index in [0.29, 0.717) is 4.47 Å². The van der Waals surface area contributed by atoms with Crippen molar-refractivity contribution in [3.63, 3.8) is 0 Å². The Bertz CT molecular complexity index is 1460. The minimum atomic E-state index is -5.02. The van der Waals surface area contributed by atoms with Crippen molar-refractivity contribution in [1.82, 2.24) is 4.98 Å². The van der Waals surface area contributed by atoms with E-state index in [9.17, 15) is 22.8 Å². The number of aromatic nitrogens is 1. The van der Waals surface area contributed by atoms with Crippen molar-refractivity contribution in [3.05, 3.63) is 92.0 Å². The fraction of sp³-hybridized carbons (Fsp3) is 0.125. The number of hydrogen-bond acceptors (Lipinski definition) is 6. The zero-order valence-corrected chi connectivity index (χ0v) is 19.3. The van der Waals surface area contributed by atoms with Gasteiger partial charge in [-0.15, -0.1) is 0 Å². The summed E-state index contributed by atoms with van der Waals surface area (Å²) in [7, 11) is 0. The first-order valence-corrected chi connectivity index (χ1v) is 10.6. The van der Waals surface area contributed by atoms with Crippen molar-refractivity contribution in [3.8, 4) is 17.2 Å². The molecule has 0 saturated carbocycles. The van der Waals surface area contributed by atoms with Gasteiger partial charge in [-0.1, -0.05) is 6.07 Å². The van der Waals surface area contributed by atoms with E-state index in [1.165, 1.54) is 42.7 Å². The number of fused-ring (bicyclic) bond motifs is 1. The second kappa shape index (κ2) is 8.94. The Morgan fingerprint density at radius 3 is 2.35 bits per heavy atom. The van der Waals surface area contributed by atoms with Crippen LogP contribution in [0, 0.1) is 13.8 Å². The van der Waals surface area contributed by atoms with Gasteiger partial charge in [-0.3, -0.25) is 9.78 Å². The summed E-state index contributed by atoms with van der Waals surface area (Å²) in [5.74, 6) is -3.40. The molecule has 0 radical (unpaired) electrons. The molecule has 0 atom stereocenters. The average Bonchev–Trinajstić information content (AvgIpc) is 2.74. The van der Waals surface area contributed by atoms with Gasteiger partial charge in [-0.25, -0.2) is 4.79 Å². The van der Waals surface area contributed by atoms with Crippen LogP contribution in [-0.4, -0.2) is 11.0 Å². The summed E-state index contributed by atoms with van der Waals surface area (Å²) in [6.45, 7) is 3.50. The Balaban J connectivity index is 1.77. The molecule has 2 heterocycles. The fourth-order valence-electron chi connectivity index (χ4n) is 3.30. The Morgan fingerprint density at radius 2 is 1.71 bits per heavy atom. The van der Waals surface area contributed by atoms with E-state index >= 15 is 0 Å². The molecule has 0 N–H and O–H groups in total. The molecule has 0 spiro atoms. The number of aryl methyl sites for hydroxylation is 2. The third kappa shape index (κ3) is 4.96. The molecule has 0 unspecified atom stereocenters. The van der Waals surface area contributed by atoms with Crippen LogP contribution in [0.15, 0.2) is 68.5 Å². The number of pyridine rings is 1. The zero-order valence-electron chi connectivity index (χ0n) is 17.7. The summed E-state index contributed by atoms with van der Waals surface area (Å²) in [6, 6.07) is 9.82. The topological polar surface area (TPSA) is 78.6 Å². The van der Waals surface area contributed by atoms with Crippen LogP contribution < -0.4 is 14.9 Å². The van der Waals surface area contributed by atoms with Gasteiger partial charge in [0, 0.05) is 22.9 Å². The molecule has 0 bridgehead atoms. The van der Waals surface area contributed by atoms with Crippen molar-refractivity contribution in [1.29, 1.82) is 0 Å². The van der Waals surface area contributed by atoms with Crippen LogP contribution in [0.25, 0.3) is 11.0 Å². The number of ether oxygens (including phenoxy) is 2. The largest absolute Gasteiger partial charge is 0.453 e. The zero-order chi connectivity index (χ0) is 24.6. The number of halogens is 4. The normalized spacial score (nSPS) is 11.5. The van der Waals surface area contributed by atoms with Crippen LogP contribution in [0.2, 0.25) is 0 Å². The van der Waals surface area contributed by atoms with Crippen LogP contribution in [0.4, 0.5) is 13.2 Å². The molecular weight excluding hydrogens is 519 g/mol. The number of hydrogen-bond donors (Lipinski definition) is 0. The number of esters is 1. The molecule has 0 fully saturated rings. The van der Waals surface area contributed by atoms with E-state index in [2.05, 4.69) is 20.9 Å². The van der Waals surface area contributed by atoms with Crippen LogP contribution in [0.3, 0.4) is 0 Å². The lowest BCUT2D eigenvalue weighted by molar-refractivity contribution is -0.154. The lowest BCUT2D eigenvalue weighted by Crippen LogP contribution is -2.16. The first-order valence-electron chi connectivity index (χ1n) is 9.78. The second-order valence-corrected chi connectivity index (χ2v) is 8.37. The van der Waals surface area contributed by atoms with Crippen molar-refractivity contribution < 1.29 is 31.9 Å². The third-order valence-corrected chi connectivity index (χ3v) is 5.08. The summed E-state index contributed by atoms with van der Waals surface area (Å²) in [6.07, 6.45) is -2.28. The molecule has 0 aliphatic carbocycles. The fourth-order valence-corrected chi connectivity index (χ4v) is 3.66. The highest BCUT2D eigenvalue weighted by Gasteiger charge is 2.40. The summed E-state index contributed by atoms with van der Waals surface area (Å²) < 4.78 is 57.5. The van der Waals surface area contributed by atoms with Gasteiger partial charge in [0.15, 0.2) is 0 Å². The average molecular weight is 534 g/mol. The molecular formula is C24H15BrF3NO5. The van der Waals surface area contributed by atoms with Crippen LogP contribution in [-0.2, 0) is 6.18 Å². The second-order valence-electron chi connectivity index (χ2n) is 7.45. The maximum atomic E-state index is 13.8. The van der Waals surface area contributed by atoms with Crippen LogP contribution in [0.1, 0.15) is 27.2 Å². The molecule has 2 aromatic carbocycles. The smallest absolute Gasteiger partial charge is 0.449 e. The van der Waals surface area contributed by atoms with Crippen molar-refractivity contribution >= 4 is 32.9 Å². The summed E-state index contributed by atoms with van der Waals surface area (Å²) in [5.41, 5.74) is 0.190. The maximum Gasteiger partial charge on any atom is 0.453 e. The highest BCUT2D eigenvalue weighted by atomic mass is 79.9. The quantitative estimate of drug-likeness (QED) is 0.217. The highest BCUT2D eigenvalue weighted by molar-refractivity contribution is 9.10. The minimum absolute atomic E-state index is 0.0721. The van der Waals surface area contributed by atoms with Crippen molar-refractivity contribution in [2.75, 3.05) is 0 Å².